The third-order valence-corrected chi connectivity index (χ3v) is 10.4. The van der Waals surface area contributed by atoms with E-state index in [0.717, 1.165) is 38.0 Å². The highest BCUT2D eigenvalue weighted by Crippen LogP contribution is 2.43. The van der Waals surface area contributed by atoms with Crippen molar-refractivity contribution < 1.29 is 52.9 Å². The summed E-state index contributed by atoms with van der Waals surface area (Å²) in [7, 11) is -4.66. The van der Waals surface area contributed by atoms with Crippen LogP contribution in [-0.2, 0) is 32.7 Å². The minimum absolute atomic E-state index is 0.0184. The highest BCUT2D eigenvalue weighted by atomic mass is 31.2. The van der Waals surface area contributed by atoms with Crippen LogP contribution in [0.3, 0.4) is 0 Å². The van der Waals surface area contributed by atoms with Crippen molar-refractivity contribution in [1.82, 2.24) is 0 Å². The zero-order valence-corrected chi connectivity index (χ0v) is 35.6. The topological polar surface area (TPSA) is 169 Å². The maximum absolute atomic E-state index is 12.6. The zero-order chi connectivity index (χ0) is 40.8. The highest BCUT2D eigenvalue weighted by molar-refractivity contribution is 7.47. The third-order valence-electron chi connectivity index (χ3n) is 9.44. The number of hydrogen-bond donors (Lipinski definition) is 4. The van der Waals surface area contributed by atoms with Crippen LogP contribution in [0.25, 0.3) is 0 Å². The lowest BCUT2D eigenvalue weighted by molar-refractivity contribution is -0.161. The molecular formula is C43H79O11P. The average molecular weight is 803 g/mol. The summed E-state index contributed by atoms with van der Waals surface area (Å²) in [6.45, 7) is 4.49. The van der Waals surface area contributed by atoms with Crippen molar-refractivity contribution in [2.75, 3.05) is 26.4 Å². The Balaban J connectivity index is 4.49. The minimum Gasteiger partial charge on any atom is -0.462 e. The number of carbonyl (C=O) groups excluding carboxylic acids is 2. The van der Waals surface area contributed by atoms with Crippen molar-refractivity contribution in [1.29, 1.82) is 0 Å². The second-order valence-electron chi connectivity index (χ2n) is 14.8. The predicted octanol–water partition coefficient (Wildman–Crippen LogP) is 10.00. The fourth-order valence-electron chi connectivity index (χ4n) is 5.68. The van der Waals surface area contributed by atoms with Crippen molar-refractivity contribution in [3.8, 4) is 0 Å². The van der Waals surface area contributed by atoms with Crippen LogP contribution in [0, 0.1) is 5.92 Å². The molecule has 5 atom stereocenters. The predicted molar refractivity (Wildman–Crippen MR) is 220 cm³/mol. The molecule has 0 aromatic heterocycles. The summed E-state index contributed by atoms with van der Waals surface area (Å²) < 4.78 is 32.5. The molecule has 0 saturated heterocycles. The lowest BCUT2D eigenvalue weighted by atomic mass is 9.99. The Morgan fingerprint density at radius 3 is 1.93 bits per heavy atom. The van der Waals surface area contributed by atoms with E-state index in [1.807, 2.05) is 12.2 Å². The number of allylic oxidation sites excluding steroid dienone is 5. The SMILES string of the molecule is CCCCCCCC/C=C/C/C=C/C=C/C(O)CCCC(=O)OC[C@H](COP(=O)(O)OC[C@@H](O)CO)OC(=O)CCCCCCCCCCCCC(C)CC. The lowest BCUT2D eigenvalue weighted by Crippen LogP contribution is -2.30. The first-order chi connectivity index (χ1) is 26.5. The fraction of sp³-hybridized carbons (Fsp3) is 0.814. The van der Waals surface area contributed by atoms with Crippen LogP contribution in [0.1, 0.15) is 175 Å². The molecule has 0 aromatic rings. The smallest absolute Gasteiger partial charge is 0.462 e. The Kier molecular flexibility index (Phi) is 36.4. The summed E-state index contributed by atoms with van der Waals surface area (Å²) in [6, 6.07) is 0. The van der Waals surface area contributed by atoms with Crippen LogP contribution < -0.4 is 0 Å². The Morgan fingerprint density at radius 2 is 1.27 bits per heavy atom. The van der Waals surface area contributed by atoms with Gasteiger partial charge in [0, 0.05) is 12.8 Å². The van der Waals surface area contributed by atoms with Crippen molar-refractivity contribution >= 4 is 19.8 Å². The van der Waals surface area contributed by atoms with Gasteiger partial charge in [-0.1, -0.05) is 160 Å². The number of hydrogen-bond acceptors (Lipinski definition) is 10. The van der Waals surface area contributed by atoms with Gasteiger partial charge >= 0.3 is 19.8 Å². The van der Waals surface area contributed by atoms with Gasteiger partial charge in [0.05, 0.1) is 25.9 Å². The first-order valence-corrected chi connectivity index (χ1v) is 22.9. The molecule has 0 fully saturated rings. The van der Waals surface area contributed by atoms with Gasteiger partial charge in [0.15, 0.2) is 6.10 Å². The lowest BCUT2D eigenvalue weighted by Gasteiger charge is -2.20. The highest BCUT2D eigenvalue weighted by Gasteiger charge is 2.27. The Bertz CT molecular complexity index is 1050. The van der Waals surface area contributed by atoms with Gasteiger partial charge in [-0.25, -0.2) is 4.57 Å². The van der Waals surface area contributed by atoms with E-state index >= 15 is 0 Å². The molecule has 0 spiro atoms. The van der Waals surface area contributed by atoms with Crippen molar-refractivity contribution in [2.45, 2.75) is 193 Å². The van der Waals surface area contributed by atoms with Crippen LogP contribution in [0.4, 0.5) is 0 Å². The van der Waals surface area contributed by atoms with Crippen LogP contribution >= 0.6 is 7.82 Å². The molecule has 0 aliphatic heterocycles. The van der Waals surface area contributed by atoms with E-state index in [2.05, 4.69) is 37.4 Å². The molecule has 0 bridgehead atoms. The molecule has 322 valence electrons. The molecule has 0 heterocycles. The average Bonchev–Trinajstić information content (AvgIpc) is 3.16. The van der Waals surface area contributed by atoms with E-state index in [1.165, 1.54) is 89.9 Å². The van der Waals surface area contributed by atoms with Crippen molar-refractivity contribution in [3.05, 3.63) is 36.5 Å². The number of carbonyl (C=O) groups is 2. The summed E-state index contributed by atoms with van der Waals surface area (Å²) >= 11 is 0. The molecule has 3 unspecified atom stereocenters. The zero-order valence-electron chi connectivity index (χ0n) is 34.7. The van der Waals surface area contributed by atoms with Gasteiger partial charge in [-0.2, -0.15) is 0 Å². The number of phosphoric acid groups is 1. The molecule has 4 N–H and O–H groups in total. The largest absolute Gasteiger partial charge is 0.472 e. The van der Waals surface area contributed by atoms with Gasteiger partial charge in [0.2, 0.25) is 0 Å². The van der Waals surface area contributed by atoms with Crippen molar-refractivity contribution in [3.63, 3.8) is 0 Å². The first kappa shape index (κ1) is 53.1. The number of esters is 2. The summed E-state index contributed by atoms with van der Waals surface area (Å²) in [6.07, 6.45) is 32.9. The van der Waals surface area contributed by atoms with Gasteiger partial charge in [0.1, 0.15) is 12.7 Å². The standard InChI is InChI=1S/C43H79O11P/c1-4-6-7-8-9-10-11-12-13-17-20-23-26-30-39(45)31-28-33-42(47)51-36-41(37-53-55(49,50)52-35-40(46)34-44)54-43(48)32-27-24-21-18-15-14-16-19-22-25-29-38(3)5-2/h12-13,20,23,26,30,38-41,44-46H,4-11,14-19,21-22,24-25,27-29,31-37H2,1-3H3,(H,49,50)/b13-12+,23-20+,30-26+/t38?,39?,40-,41+/m0/s1. The summed E-state index contributed by atoms with van der Waals surface area (Å²) in [5.41, 5.74) is 0. The quantitative estimate of drug-likeness (QED) is 0.0153. The number of aliphatic hydroxyl groups is 3. The second-order valence-corrected chi connectivity index (χ2v) is 16.3. The molecule has 0 amide bonds. The number of rotatable bonds is 39. The van der Waals surface area contributed by atoms with E-state index in [4.69, 9.17) is 19.1 Å². The van der Waals surface area contributed by atoms with Gasteiger partial charge in [0.25, 0.3) is 0 Å². The minimum atomic E-state index is -4.66. The Labute approximate surface area is 334 Å². The number of unbranched alkanes of at least 4 members (excludes halogenated alkanes) is 15. The van der Waals surface area contributed by atoms with Crippen LogP contribution in [-0.4, -0.2) is 76.9 Å². The molecule has 0 aromatic carbocycles. The molecular weight excluding hydrogens is 723 g/mol. The van der Waals surface area contributed by atoms with E-state index in [1.54, 1.807) is 12.2 Å². The molecule has 0 rings (SSSR count). The van der Waals surface area contributed by atoms with E-state index in [-0.39, 0.29) is 12.8 Å². The van der Waals surface area contributed by atoms with Crippen LogP contribution in [0.5, 0.6) is 0 Å². The molecule has 11 nitrogen and oxygen atoms in total. The molecule has 0 radical (unpaired) electrons. The van der Waals surface area contributed by atoms with Gasteiger partial charge in [-0.15, -0.1) is 0 Å². The third kappa shape index (κ3) is 37.5. The number of phosphoric ester groups is 1. The van der Waals surface area contributed by atoms with Crippen LogP contribution in [0.15, 0.2) is 36.5 Å². The van der Waals surface area contributed by atoms with Crippen LogP contribution in [0.2, 0.25) is 0 Å². The van der Waals surface area contributed by atoms with Gasteiger partial charge in [-0.05, 0) is 44.4 Å². The maximum Gasteiger partial charge on any atom is 0.472 e. The number of ether oxygens (including phenoxy) is 2. The molecule has 12 heteroatoms. The van der Waals surface area contributed by atoms with E-state index in [0.29, 0.717) is 19.3 Å². The van der Waals surface area contributed by atoms with Gasteiger partial charge < -0.3 is 29.7 Å². The maximum atomic E-state index is 12.6. The fourth-order valence-corrected chi connectivity index (χ4v) is 6.47. The molecule has 0 aliphatic carbocycles. The molecule has 55 heavy (non-hydrogen) atoms. The number of aliphatic hydroxyl groups excluding tert-OH is 3. The van der Waals surface area contributed by atoms with Gasteiger partial charge in [-0.3, -0.25) is 18.6 Å². The summed E-state index contributed by atoms with van der Waals surface area (Å²) in [5, 5.41) is 28.6. The summed E-state index contributed by atoms with van der Waals surface area (Å²) in [5.74, 6) is -0.295. The van der Waals surface area contributed by atoms with E-state index < -0.39 is 64.5 Å². The normalized spacial score (nSPS) is 15.4. The van der Waals surface area contributed by atoms with Crippen molar-refractivity contribution in [2.24, 2.45) is 5.92 Å². The second kappa shape index (κ2) is 37.7. The molecule has 0 aliphatic rings. The van der Waals surface area contributed by atoms with E-state index in [9.17, 15) is 29.3 Å². The Morgan fingerprint density at radius 1 is 0.673 bits per heavy atom. The Hall–Kier alpha value is -1.85. The summed E-state index contributed by atoms with van der Waals surface area (Å²) in [4.78, 5) is 35.0. The monoisotopic (exact) mass is 803 g/mol. The molecule has 0 saturated carbocycles. The first-order valence-electron chi connectivity index (χ1n) is 21.4.